The van der Waals surface area contributed by atoms with Gasteiger partial charge in [0.05, 0.1) is 44.4 Å². The van der Waals surface area contributed by atoms with Gasteiger partial charge in [0.15, 0.2) is 23.0 Å². The van der Waals surface area contributed by atoms with Crippen LogP contribution in [0.3, 0.4) is 0 Å². The summed E-state index contributed by atoms with van der Waals surface area (Å²) in [6, 6.07) is 16.4. The molecule has 0 amide bonds. The van der Waals surface area contributed by atoms with Gasteiger partial charge >= 0.3 is 5.97 Å². The highest BCUT2D eigenvalue weighted by molar-refractivity contribution is 5.79. The fourth-order valence-corrected chi connectivity index (χ4v) is 5.66. The number of rotatable bonds is 5. The molecule has 2 unspecified atom stereocenters. The molecule has 1 aliphatic carbocycles. The minimum absolute atomic E-state index is 0.110. The molecule has 2 heterocycles. The van der Waals surface area contributed by atoms with Crippen LogP contribution in [0.15, 0.2) is 48.5 Å². The van der Waals surface area contributed by atoms with Gasteiger partial charge in [0, 0.05) is 17.5 Å². The molecule has 0 spiro atoms. The SMILES string of the molecule is COc1cc([C@H]2c3cc4c(cc3[C@H](Nc3ccc(C#N)cc3)C3COC(=O)C32)OCO4)cc(OC)c1O. The Balaban J connectivity index is 1.53. The first kappa shape index (κ1) is 22.9. The Labute approximate surface area is 213 Å². The Morgan fingerprint density at radius 2 is 1.62 bits per heavy atom. The van der Waals surface area contributed by atoms with Gasteiger partial charge in [0.1, 0.15) is 0 Å². The summed E-state index contributed by atoms with van der Waals surface area (Å²) in [5, 5.41) is 23.2. The average molecular weight is 501 g/mol. The van der Waals surface area contributed by atoms with Crippen LogP contribution in [0.5, 0.6) is 28.7 Å². The highest BCUT2D eigenvalue weighted by atomic mass is 16.7. The van der Waals surface area contributed by atoms with Crippen molar-refractivity contribution in [3.8, 4) is 34.8 Å². The van der Waals surface area contributed by atoms with Gasteiger partial charge in [-0.25, -0.2) is 0 Å². The predicted molar refractivity (Wildman–Crippen MR) is 131 cm³/mol. The number of carbonyl (C=O) groups excluding carboxylic acids is 1. The van der Waals surface area contributed by atoms with Crippen molar-refractivity contribution in [3.05, 3.63) is 70.8 Å². The van der Waals surface area contributed by atoms with Crippen molar-refractivity contribution >= 4 is 11.7 Å². The van der Waals surface area contributed by atoms with Crippen LogP contribution in [0.2, 0.25) is 0 Å². The Bertz CT molecular complexity index is 1400. The van der Waals surface area contributed by atoms with Gasteiger partial charge in [-0.3, -0.25) is 4.79 Å². The summed E-state index contributed by atoms with van der Waals surface area (Å²) in [6.45, 7) is 0.362. The molecule has 6 rings (SSSR count). The molecule has 1 saturated heterocycles. The van der Waals surface area contributed by atoms with Crippen molar-refractivity contribution in [2.75, 3.05) is 32.9 Å². The highest BCUT2D eigenvalue weighted by Crippen LogP contribution is 2.56. The topological polar surface area (TPSA) is 119 Å². The second-order valence-electron chi connectivity index (χ2n) is 9.22. The number of phenolic OH excluding ortho intramolecular Hbond substituents is 1. The molecule has 0 radical (unpaired) electrons. The molecule has 3 aromatic rings. The molecular weight excluding hydrogens is 476 g/mol. The number of methoxy groups -OCH3 is 2. The van der Waals surface area contributed by atoms with E-state index < -0.39 is 11.8 Å². The zero-order chi connectivity index (χ0) is 25.7. The minimum Gasteiger partial charge on any atom is -0.502 e. The first-order valence-corrected chi connectivity index (χ1v) is 11.8. The summed E-state index contributed by atoms with van der Waals surface area (Å²) >= 11 is 0. The maximum atomic E-state index is 13.2. The van der Waals surface area contributed by atoms with E-state index in [-0.39, 0.29) is 48.6 Å². The third kappa shape index (κ3) is 3.64. The molecule has 37 heavy (non-hydrogen) atoms. The van der Waals surface area contributed by atoms with Gasteiger partial charge in [0.2, 0.25) is 12.5 Å². The normalized spacial score (nSPS) is 22.9. The quantitative estimate of drug-likeness (QED) is 0.499. The number of nitrogens with zero attached hydrogens (tertiary/aromatic N) is 1. The van der Waals surface area contributed by atoms with Gasteiger partial charge in [-0.05, 0) is 65.2 Å². The van der Waals surface area contributed by atoms with E-state index >= 15 is 0 Å². The standard InChI is InChI=1S/C28H24N2O7/c1-33-22-7-15(8-23(34-2)27(22)31)24-17-9-20-21(37-13-36-20)10-18(17)26(19-12-35-28(32)25(19)24)30-16-5-3-14(11-29)4-6-16/h3-10,19,24-26,30-31H,12-13H2,1-2H3/t19?,24-,25?,26-/m0/s1. The molecule has 3 aliphatic rings. The summed E-state index contributed by atoms with van der Waals surface area (Å²) < 4.78 is 27.8. The lowest BCUT2D eigenvalue weighted by atomic mass is 9.65. The number of anilines is 1. The van der Waals surface area contributed by atoms with Crippen molar-refractivity contribution < 1.29 is 33.6 Å². The molecule has 9 heteroatoms. The molecular formula is C28H24N2O7. The summed E-state index contributed by atoms with van der Waals surface area (Å²) in [4.78, 5) is 13.2. The first-order valence-electron chi connectivity index (χ1n) is 11.8. The van der Waals surface area contributed by atoms with Crippen molar-refractivity contribution in [2.24, 2.45) is 11.8 Å². The van der Waals surface area contributed by atoms with Crippen LogP contribution in [0.25, 0.3) is 0 Å². The second kappa shape index (κ2) is 8.82. The molecule has 4 atom stereocenters. The summed E-state index contributed by atoms with van der Waals surface area (Å²) in [5.74, 6) is 0.200. The lowest BCUT2D eigenvalue weighted by molar-refractivity contribution is -0.141. The molecule has 1 fully saturated rings. The van der Waals surface area contributed by atoms with Crippen molar-refractivity contribution in [1.82, 2.24) is 0 Å². The van der Waals surface area contributed by atoms with E-state index in [4.69, 9.17) is 28.9 Å². The Hall–Kier alpha value is -4.58. The van der Waals surface area contributed by atoms with Crippen molar-refractivity contribution in [2.45, 2.75) is 12.0 Å². The number of nitrogens with one attached hydrogen (secondary N) is 1. The number of nitriles is 1. The lowest BCUT2D eigenvalue weighted by Crippen LogP contribution is -2.37. The van der Waals surface area contributed by atoms with Crippen LogP contribution in [0.4, 0.5) is 5.69 Å². The summed E-state index contributed by atoms with van der Waals surface area (Å²) in [5.41, 5.74) is 3.95. The van der Waals surface area contributed by atoms with Gasteiger partial charge in [-0.15, -0.1) is 0 Å². The highest BCUT2D eigenvalue weighted by Gasteiger charge is 2.52. The van der Waals surface area contributed by atoms with Crippen molar-refractivity contribution in [1.29, 1.82) is 5.26 Å². The molecule has 3 aromatic carbocycles. The number of benzene rings is 3. The maximum Gasteiger partial charge on any atom is 0.310 e. The number of hydrogen-bond donors (Lipinski definition) is 2. The van der Waals surface area contributed by atoms with Crippen LogP contribution in [0.1, 0.15) is 34.2 Å². The third-order valence-electron chi connectivity index (χ3n) is 7.38. The first-order chi connectivity index (χ1) is 18.0. The smallest absolute Gasteiger partial charge is 0.310 e. The molecule has 188 valence electrons. The van der Waals surface area contributed by atoms with Crippen molar-refractivity contribution in [3.63, 3.8) is 0 Å². The van der Waals surface area contributed by atoms with Gasteiger partial charge in [-0.2, -0.15) is 5.26 Å². The summed E-state index contributed by atoms with van der Waals surface area (Å²) in [6.07, 6.45) is 0. The number of cyclic esters (lactones) is 1. The monoisotopic (exact) mass is 500 g/mol. The van der Waals surface area contributed by atoms with E-state index in [0.717, 1.165) is 22.4 Å². The largest absolute Gasteiger partial charge is 0.502 e. The van der Waals surface area contributed by atoms with Crippen LogP contribution >= 0.6 is 0 Å². The van der Waals surface area contributed by atoms with Gasteiger partial charge in [0.25, 0.3) is 0 Å². The fourth-order valence-electron chi connectivity index (χ4n) is 5.66. The lowest BCUT2D eigenvalue weighted by Gasteiger charge is -2.40. The molecule has 0 aromatic heterocycles. The number of hydrogen-bond acceptors (Lipinski definition) is 9. The van der Waals surface area contributed by atoms with Gasteiger partial charge in [-0.1, -0.05) is 0 Å². The molecule has 0 bridgehead atoms. The number of aromatic hydroxyl groups is 1. The maximum absolute atomic E-state index is 13.2. The molecule has 2 aliphatic heterocycles. The van der Waals surface area contributed by atoms with Gasteiger partial charge < -0.3 is 34.1 Å². The van der Waals surface area contributed by atoms with E-state index in [1.807, 2.05) is 24.3 Å². The number of carbonyl (C=O) groups is 1. The average Bonchev–Trinajstić information content (AvgIpc) is 3.54. The fraction of sp³-hybridized carbons (Fsp3) is 0.286. The number of phenols is 1. The third-order valence-corrected chi connectivity index (χ3v) is 7.38. The Kier molecular flexibility index (Phi) is 5.45. The Morgan fingerprint density at radius 1 is 0.973 bits per heavy atom. The molecule has 9 nitrogen and oxygen atoms in total. The minimum atomic E-state index is -0.511. The van der Waals surface area contributed by atoms with Crippen LogP contribution in [0, 0.1) is 23.2 Å². The molecule has 2 N–H and O–H groups in total. The van der Waals surface area contributed by atoms with E-state index in [2.05, 4.69) is 11.4 Å². The number of fused-ring (bicyclic) bond motifs is 3. The van der Waals surface area contributed by atoms with E-state index in [1.165, 1.54) is 14.2 Å². The van der Waals surface area contributed by atoms with Crippen LogP contribution in [-0.4, -0.2) is 38.7 Å². The Morgan fingerprint density at radius 3 is 2.24 bits per heavy atom. The van der Waals surface area contributed by atoms with E-state index in [9.17, 15) is 9.90 Å². The summed E-state index contributed by atoms with van der Waals surface area (Å²) in [7, 11) is 2.94. The van der Waals surface area contributed by atoms with E-state index in [1.54, 1.807) is 24.3 Å². The van der Waals surface area contributed by atoms with E-state index in [0.29, 0.717) is 17.1 Å². The number of esters is 1. The molecule has 0 saturated carbocycles. The zero-order valence-corrected chi connectivity index (χ0v) is 20.2. The van der Waals surface area contributed by atoms with Crippen LogP contribution in [-0.2, 0) is 9.53 Å². The predicted octanol–water partition coefficient (Wildman–Crippen LogP) is 4.10. The number of ether oxygens (including phenoxy) is 5. The zero-order valence-electron chi connectivity index (χ0n) is 20.2. The second-order valence-corrected chi connectivity index (χ2v) is 9.22. The van der Waals surface area contributed by atoms with Crippen LogP contribution < -0.4 is 24.3 Å².